The van der Waals surface area contributed by atoms with Crippen LogP contribution in [-0.4, -0.2) is 30.6 Å². The van der Waals surface area contributed by atoms with Crippen LogP contribution in [0.4, 0.5) is 0 Å². The summed E-state index contributed by atoms with van der Waals surface area (Å²) in [5.41, 5.74) is 1.21. The van der Waals surface area contributed by atoms with Crippen molar-refractivity contribution in [2.75, 3.05) is 13.6 Å². The maximum Gasteiger partial charge on any atom is 0.0453 e. The summed E-state index contributed by atoms with van der Waals surface area (Å²) < 4.78 is 0. The summed E-state index contributed by atoms with van der Waals surface area (Å²) in [5, 5.41) is 4.33. The van der Waals surface area contributed by atoms with E-state index in [0.29, 0.717) is 18.1 Å². The molecule has 0 aliphatic carbocycles. The molecule has 3 heteroatoms. The summed E-state index contributed by atoms with van der Waals surface area (Å²) >= 11 is 6.29. The molecule has 2 unspecified atom stereocenters. The molecule has 114 valence electrons. The minimum absolute atomic E-state index is 0.344. The van der Waals surface area contributed by atoms with Crippen molar-refractivity contribution in [2.24, 2.45) is 0 Å². The number of benzene rings is 1. The van der Waals surface area contributed by atoms with Crippen molar-refractivity contribution in [1.29, 1.82) is 0 Å². The Hall–Kier alpha value is -0.570. The third kappa shape index (κ3) is 5.43. The van der Waals surface area contributed by atoms with Gasteiger partial charge in [-0.15, -0.1) is 0 Å². The van der Waals surface area contributed by atoms with Crippen molar-refractivity contribution in [3.05, 3.63) is 34.9 Å². The zero-order chi connectivity index (χ0) is 15.1. The van der Waals surface area contributed by atoms with E-state index in [9.17, 15) is 0 Å². The lowest BCUT2D eigenvalue weighted by atomic mass is 10.0. The standard InChI is InChI=1S/C17H29ClN2/c1-13(2)19-12-8-9-14(3)20(5)15(4)16-10-6-7-11-17(16)18/h6-7,10-11,13-15,19H,8-9,12H2,1-5H3. The van der Waals surface area contributed by atoms with Crippen molar-refractivity contribution in [3.8, 4) is 0 Å². The molecule has 0 heterocycles. The van der Waals surface area contributed by atoms with Gasteiger partial charge in [-0.3, -0.25) is 4.90 Å². The van der Waals surface area contributed by atoms with E-state index in [0.717, 1.165) is 11.6 Å². The van der Waals surface area contributed by atoms with E-state index in [1.807, 2.05) is 12.1 Å². The first kappa shape index (κ1) is 17.5. The maximum atomic E-state index is 6.29. The molecule has 0 bridgehead atoms. The zero-order valence-electron chi connectivity index (χ0n) is 13.5. The summed E-state index contributed by atoms with van der Waals surface area (Å²) in [4.78, 5) is 2.41. The highest BCUT2D eigenvalue weighted by molar-refractivity contribution is 6.31. The van der Waals surface area contributed by atoms with Crippen molar-refractivity contribution >= 4 is 11.6 Å². The Morgan fingerprint density at radius 1 is 1.15 bits per heavy atom. The van der Waals surface area contributed by atoms with Gasteiger partial charge < -0.3 is 5.32 Å². The second-order valence-corrected chi connectivity index (χ2v) is 6.37. The number of hydrogen-bond acceptors (Lipinski definition) is 2. The van der Waals surface area contributed by atoms with Gasteiger partial charge in [-0.05, 0) is 51.9 Å². The normalized spacial score (nSPS) is 14.8. The number of rotatable bonds is 8. The predicted molar refractivity (Wildman–Crippen MR) is 89.5 cm³/mol. The molecule has 1 N–H and O–H groups in total. The van der Waals surface area contributed by atoms with E-state index < -0.39 is 0 Å². The largest absolute Gasteiger partial charge is 0.315 e. The summed E-state index contributed by atoms with van der Waals surface area (Å²) in [7, 11) is 2.19. The van der Waals surface area contributed by atoms with E-state index >= 15 is 0 Å². The minimum atomic E-state index is 0.344. The van der Waals surface area contributed by atoms with Gasteiger partial charge in [0.1, 0.15) is 0 Å². The summed E-state index contributed by atoms with van der Waals surface area (Å²) in [6.45, 7) is 9.99. The van der Waals surface area contributed by atoms with E-state index in [-0.39, 0.29) is 0 Å². The Labute approximate surface area is 129 Å². The van der Waals surface area contributed by atoms with Gasteiger partial charge in [-0.25, -0.2) is 0 Å². The second kappa shape index (κ2) is 8.66. The molecule has 1 aromatic carbocycles. The minimum Gasteiger partial charge on any atom is -0.315 e. The Morgan fingerprint density at radius 3 is 2.40 bits per heavy atom. The molecule has 2 nitrogen and oxygen atoms in total. The van der Waals surface area contributed by atoms with Gasteiger partial charge in [0.15, 0.2) is 0 Å². The summed E-state index contributed by atoms with van der Waals surface area (Å²) in [6.07, 6.45) is 2.41. The van der Waals surface area contributed by atoms with Gasteiger partial charge in [0.25, 0.3) is 0 Å². The van der Waals surface area contributed by atoms with Gasteiger partial charge in [0, 0.05) is 23.1 Å². The topological polar surface area (TPSA) is 15.3 Å². The molecule has 0 aliphatic rings. The average Bonchev–Trinajstić information content (AvgIpc) is 2.42. The van der Waals surface area contributed by atoms with Crippen LogP contribution in [0.25, 0.3) is 0 Å². The summed E-state index contributed by atoms with van der Waals surface area (Å²) in [5.74, 6) is 0. The molecule has 0 spiro atoms. The molecular weight excluding hydrogens is 268 g/mol. The third-order valence-electron chi connectivity index (χ3n) is 4.01. The zero-order valence-corrected chi connectivity index (χ0v) is 14.2. The molecule has 0 saturated heterocycles. The van der Waals surface area contributed by atoms with Crippen LogP contribution in [0.3, 0.4) is 0 Å². The molecule has 2 atom stereocenters. The van der Waals surface area contributed by atoms with Crippen LogP contribution in [0, 0.1) is 0 Å². The van der Waals surface area contributed by atoms with Crippen molar-refractivity contribution < 1.29 is 0 Å². The quantitative estimate of drug-likeness (QED) is 0.711. The lowest BCUT2D eigenvalue weighted by molar-refractivity contribution is 0.186. The van der Waals surface area contributed by atoms with Gasteiger partial charge in [0.2, 0.25) is 0 Å². The fourth-order valence-corrected chi connectivity index (χ4v) is 2.70. The second-order valence-electron chi connectivity index (χ2n) is 5.96. The van der Waals surface area contributed by atoms with E-state index in [1.54, 1.807) is 0 Å². The molecule has 20 heavy (non-hydrogen) atoms. The van der Waals surface area contributed by atoms with Crippen molar-refractivity contribution in [1.82, 2.24) is 10.2 Å². The number of halogens is 1. The maximum absolute atomic E-state index is 6.29. The van der Waals surface area contributed by atoms with Crippen LogP contribution < -0.4 is 5.32 Å². The molecule has 0 aliphatic heterocycles. The van der Waals surface area contributed by atoms with Crippen LogP contribution in [0.2, 0.25) is 5.02 Å². The van der Waals surface area contributed by atoms with Gasteiger partial charge in [-0.2, -0.15) is 0 Å². The fraction of sp³-hybridized carbons (Fsp3) is 0.647. The Kier molecular flexibility index (Phi) is 7.57. The van der Waals surface area contributed by atoms with Gasteiger partial charge >= 0.3 is 0 Å². The monoisotopic (exact) mass is 296 g/mol. The first-order chi connectivity index (χ1) is 9.43. The summed E-state index contributed by atoms with van der Waals surface area (Å²) in [6, 6.07) is 9.61. The first-order valence-electron chi connectivity index (χ1n) is 7.63. The van der Waals surface area contributed by atoms with E-state index in [1.165, 1.54) is 18.4 Å². The number of hydrogen-bond donors (Lipinski definition) is 1. The molecular formula is C17H29ClN2. The molecule has 0 aromatic heterocycles. The highest BCUT2D eigenvalue weighted by Crippen LogP contribution is 2.28. The van der Waals surface area contributed by atoms with E-state index in [4.69, 9.17) is 11.6 Å². The molecule has 0 saturated carbocycles. The van der Waals surface area contributed by atoms with Crippen LogP contribution in [-0.2, 0) is 0 Å². The van der Waals surface area contributed by atoms with E-state index in [2.05, 4.69) is 57.1 Å². The lowest BCUT2D eigenvalue weighted by Crippen LogP contribution is -2.33. The molecule has 1 rings (SSSR count). The molecule has 1 aromatic rings. The van der Waals surface area contributed by atoms with Crippen LogP contribution in [0.5, 0.6) is 0 Å². The lowest BCUT2D eigenvalue weighted by Gasteiger charge is -2.31. The van der Waals surface area contributed by atoms with Gasteiger partial charge in [-0.1, -0.05) is 43.6 Å². The van der Waals surface area contributed by atoms with Crippen LogP contribution in [0.1, 0.15) is 52.1 Å². The third-order valence-corrected chi connectivity index (χ3v) is 4.36. The van der Waals surface area contributed by atoms with Crippen molar-refractivity contribution in [3.63, 3.8) is 0 Å². The molecule has 0 amide bonds. The molecule has 0 fully saturated rings. The molecule has 0 radical (unpaired) electrons. The number of nitrogens with zero attached hydrogens (tertiary/aromatic N) is 1. The fourth-order valence-electron chi connectivity index (χ4n) is 2.41. The van der Waals surface area contributed by atoms with Gasteiger partial charge in [0.05, 0.1) is 0 Å². The van der Waals surface area contributed by atoms with Crippen molar-refractivity contribution in [2.45, 2.75) is 58.7 Å². The Bertz CT molecular complexity index is 392. The highest BCUT2D eigenvalue weighted by atomic mass is 35.5. The SMILES string of the molecule is CC(C)NCCCC(C)N(C)C(C)c1ccccc1Cl. The highest BCUT2D eigenvalue weighted by Gasteiger charge is 2.18. The van der Waals surface area contributed by atoms with Crippen LogP contribution in [0.15, 0.2) is 24.3 Å². The Balaban J connectivity index is 2.47. The first-order valence-corrected chi connectivity index (χ1v) is 8.01. The van der Waals surface area contributed by atoms with Crippen LogP contribution >= 0.6 is 11.6 Å². The number of nitrogens with one attached hydrogen (secondary N) is 1. The Morgan fingerprint density at radius 2 is 1.80 bits per heavy atom. The predicted octanol–water partition coefficient (Wildman–Crippen LogP) is 4.50. The smallest absolute Gasteiger partial charge is 0.0453 e. The average molecular weight is 297 g/mol.